The minimum absolute atomic E-state index is 0.541. The molecular formula is C13H13N5S. The minimum atomic E-state index is 0.541. The molecule has 1 saturated carbocycles. The van der Waals surface area contributed by atoms with Crippen molar-refractivity contribution in [2.45, 2.75) is 25.7 Å². The van der Waals surface area contributed by atoms with Gasteiger partial charge in [0.1, 0.15) is 5.01 Å². The number of anilines is 1. The van der Waals surface area contributed by atoms with Crippen LogP contribution >= 0.6 is 11.3 Å². The molecule has 0 saturated heterocycles. The van der Waals surface area contributed by atoms with Crippen LogP contribution in [0.5, 0.6) is 0 Å². The second-order valence-corrected chi connectivity index (χ2v) is 5.93. The second kappa shape index (κ2) is 3.77. The van der Waals surface area contributed by atoms with E-state index in [4.69, 9.17) is 5.73 Å². The maximum absolute atomic E-state index is 6.14. The van der Waals surface area contributed by atoms with Crippen LogP contribution in [-0.4, -0.2) is 19.8 Å². The van der Waals surface area contributed by atoms with Crippen molar-refractivity contribution < 1.29 is 0 Å². The smallest absolute Gasteiger partial charge is 0.234 e. The van der Waals surface area contributed by atoms with Crippen molar-refractivity contribution in [3.05, 3.63) is 29.6 Å². The summed E-state index contributed by atoms with van der Waals surface area (Å²) in [5, 5.41) is 14.0. The van der Waals surface area contributed by atoms with Gasteiger partial charge >= 0.3 is 0 Å². The van der Waals surface area contributed by atoms with Gasteiger partial charge in [-0.15, -0.1) is 10.2 Å². The summed E-state index contributed by atoms with van der Waals surface area (Å²) in [5.41, 5.74) is 8.99. The van der Waals surface area contributed by atoms with E-state index in [1.807, 2.05) is 29.6 Å². The number of nitrogen functional groups attached to an aromatic ring is 1. The Morgan fingerprint density at radius 3 is 2.95 bits per heavy atom. The van der Waals surface area contributed by atoms with Gasteiger partial charge in [-0.2, -0.15) is 9.61 Å². The Balaban J connectivity index is 1.89. The van der Waals surface area contributed by atoms with E-state index in [0.717, 1.165) is 32.6 Å². The average Bonchev–Trinajstić information content (AvgIpc) is 3.02. The summed E-state index contributed by atoms with van der Waals surface area (Å²) in [4.78, 5) is 0.845. The van der Waals surface area contributed by atoms with Gasteiger partial charge in [0.25, 0.3) is 0 Å². The van der Waals surface area contributed by atoms with Crippen molar-refractivity contribution in [3.8, 4) is 10.6 Å². The van der Waals surface area contributed by atoms with Crippen molar-refractivity contribution in [1.82, 2.24) is 19.8 Å². The van der Waals surface area contributed by atoms with Gasteiger partial charge in [0.05, 0.1) is 0 Å². The Labute approximate surface area is 114 Å². The third-order valence-corrected chi connectivity index (χ3v) is 4.44. The highest BCUT2D eigenvalue weighted by Gasteiger charge is 2.30. The van der Waals surface area contributed by atoms with Crippen LogP contribution in [0.25, 0.3) is 15.5 Å². The molecule has 19 heavy (non-hydrogen) atoms. The molecule has 0 radical (unpaired) electrons. The number of aromatic nitrogens is 4. The number of fused-ring (bicyclic) bond motifs is 1. The summed E-state index contributed by atoms with van der Waals surface area (Å²) in [6.07, 6.45) is 2.39. The molecule has 1 aromatic carbocycles. The number of para-hydroxylation sites is 1. The Hall–Kier alpha value is -1.95. The summed E-state index contributed by atoms with van der Waals surface area (Å²) in [5.74, 6) is 1.53. The van der Waals surface area contributed by atoms with E-state index >= 15 is 0 Å². The number of benzene rings is 1. The molecule has 0 amide bonds. The highest BCUT2D eigenvalue weighted by Crippen LogP contribution is 2.40. The van der Waals surface area contributed by atoms with E-state index in [-0.39, 0.29) is 0 Å². The first-order valence-corrected chi connectivity index (χ1v) is 7.13. The summed E-state index contributed by atoms with van der Waals surface area (Å²) >= 11 is 1.54. The zero-order valence-corrected chi connectivity index (χ0v) is 11.3. The monoisotopic (exact) mass is 271 g/mol. The SMILES string of the molecule is Cc1cccc(-c2nn3c(C4CC4)nnc3s2)c1N. The molecule has 96 valence electrons. The van der Waals surface area contributed by atoms with Crippen LogP contribution in [-0.2, 0) is 0 Å². The van der Waals surface area contributed by atoms with Gasteiger partial charge in [0.15, 0.2) is 5.82 Å². The lowest BCUT2D eigenvalue weighted by Gasteiger charge is -2.04. The zero-order valence-electron chi connectivity index (χ0n) is 10.5. The molecule has 0 unspecified atom stereocenters. The first-order chi connectivity index (χ1) is 9.24. The minimum Gasteiger partial charge on any atom is -0.398 e. The molecule has 1 fully saturated rings. The first kappa shape index (κ1) is 10.9. The predicted molar refractivity (Wildman–Crippen MR) is 75.2 cm³/mol. The Bertz CT molecular complexity index is 769. The third-order valence-electron chi connectivity index (χ3n) is 3.51. The van der Waals surface area contributed by atoms with E-state index in [1.165, 1.54) is 24.2 Å². The maximum atomic E-state index is 6.14. The van der Waals surface area contributed by atoms with Crippen LogP contribution in [0.1, 0.15) is 30.1 Å². The largest absolute Gasteiger partial charge is 0.398 e. The van der Waals surface area contributed by atoms with Crippen molar-refractivity contribution >= 4 is 22.0 Å². The van der Waals surface area contributed by atoms with E-state index < -0.39 is 0 Å². The number of hydrogen-bond donors (Lipinski definition) is 1. The molecule has 1 aliphatic rings. The number of aryl methyl sites for hydroxylation is 1. The normalized spacial score (nSPS) is 15.2. The highest BCUT2D eigenvalue weighted by atomic mass is 32.1. The topological polar surface area (TPSA) is 69.1 Å². The molecular weight excluding hydrogens is 258 g/mol. The molecule has 0 aliphatic heterocycles. The van der Waals surface area contributed by atoms with E-state index in [0.29, 0.717) is 5.92 Å². The lowest BCUT2D eigenvalue weighted by atomic mass is 10.1. The quantitative estimate of drug-likeness (QED) is 0.727. The molecule has 2 aromatic heterocycles. The predicted octanol–water partition coefficient (Wildman–Crippen LogP) is 2.62. The van der Waals surface area contributed by atoms with Gasteiger partial charge in [0, 0.05) is 17.2 Å². The van der Waals surface area contributed by atoms with Gasteiger partial charge in [0.2, 0.25) is 4.96 Å². The molecule has 0 bridgehead atoms. The Morgan fingerprint density at radius 2 is 2.16 bits per heavy atom. The van der Waals surface area contributed by atoms with Crippen molar-refractivity contribution in [2.75, 3.05) is 5.73 Å². The summed E-state index contributed by atoms with van der Waals surface area (Å²) in [6, 6.07) is 6.02. The van der Waals surface area contributed by atoms with Crippen LogP contribution in [0.4, 0.5) is 5.69 Å². The zero-order chi connectivity index (χ0) is 13.0. The fourth-order valence-electron chi connectivity index (χ4n) is 2.20. The number of rotatable bonds is 2. The fraction of sp³-hybridized carbons (Fsp3) is 0.308. The van der Waals surface area contributed by atoms with Crippen LogP contribution < -0.4 is 5.73 Å². The number of hydrogen-bond acceptors (Lipinski definition) is 5. The molecule has 5 nitrogen and oxygen atoms in total. The summed E-state index contributed by atoms with van der Waals surface area (Å²) < 4.78 is 1.87. The number of nitrogens with two attached hydrogens (primary N) is 1. The van der Waals surface area contributed by atoms with Gasteiger partial charge in [-0.3, -0.25) is 0 Å². The first-order valence-electron chi connectivity index (χ1n) is 6.31. The molecule has 2 heterocycles. The van der Waals surface area contributed by atoms with Gasteiger partial charge in [-0.1, -0.05) is 23.5 Å². The standard InChI is InChI=1S/C13H13N5S/c1-7-3-2-4-9(10(7)14)12-17-18-11(8-5-6-8)15-16-13(18)19-12/h2-4,8H,5-6,14H2,1H3. The molecule has 0 atom stereocenters. The van der Waals surface area contributed by atoms with Gasteiger partial charge in [-0.05, 0) is 31.4 Å². The Kier molecular flexibility index (Phi) is 2.17. The van der Waals surface area contributed by atoms with E-state index in [2.05, 4.69) is 15.3 Å². The fourth-order valence-corrected chi connectivity index (χ4v) is 3.09. The second-order valence-electron chi connectivity index (χ2n) is 4.97. The Morgan fingerprint density at radius 1 is 1.32 bits per heavy atom. The molecule has 1 aliphatic carbocycles. The lowest BCUT2D eigenvalue weighted by Crippen LogP contribution is -1.96. The lowest BCUT2D eigenvalue weighted by molar-refractivity contribution is 0.828. The summed E-state index contributed by atoms with van der Waals surface area (Å²) in [6.45, 7) is 2.01. The molecule has 3 aromatic rings. The van der Waals surface area contributed by atoms with Crippen molar-refractivity contribution in [3.63, 3.8) is 0 Å². The average molecular weight is 271 g/mol. The maximum Gasteiger partial charge on any atom is 0.234 e. The molecule has 0 spiro atoms. The van der Waals surface area contributed by atoms with Crippen LogP contribution in [0, 0.1) is 6.92 Å². The van der Waals surface area contributed by atoms with Crippen molar-refractivity contribution in [2.24, 2.45) is 0 Å². The van der Waals surface area contributed by atoms with E-state index in [1.54, 1.807) is 0 Å². The van der Waals surface area contributed by atoms with E-state index in [9.17, 15) is 0 Å². The van der Waals surface area contributed by atoms with Crippen LogP contribution in [0.3, 0.4) is 0 Å². The molecule has 6 heteroatoms. The van der Waals surface area contributed by atoms with Crippen molar-refractivity contribution in [1.29, 1.82) is 0 Å². The third kappa shape index (κ3) is 1.63. The van der Waals surface area contributed by atoms with Gasteiger partial charge in [-0.25, -0.2) is 0 Å². The number of nitrogens with zero attached hydrogens (tertiary/aromatic N) is 4. The highest BCUT2D eigenvalue weighted by molar-refractivity contribution is 7.19. The summed E-state index contributed by atoms with van der Waals surface area (Å²) in [7, 11) is 0. The van der Waals surface area contributed by atoms with Crippen LogP contribution in [0.2, 0.25) is 0 Å². The molecule has 4 rings (SSSR count). The van der Waals surface area contributed by atoms with Gasteiger partial charge < -0.3 is 5.73 Å². The molecule has 2 N–H and O–H groups in total. The van der Waals surface area contributed by atoms with Crippen LogP contribution in [0.15, 0.2) is 18.2 Å².